The van der Waals surface area contributed by atoms with Gasteiger partial charge in [0, 0.05) is 23.2 Å². The van der Waals surface area contributed by atoms with Gasteiger partial charge in [0.2, 0.25) is 0 Å². The van der Waals surface area contributed by atoms with Gasteiger partial charge in [-0.2, -0.15) is 5.10 Å². The zero-order valence-electron chi connectivity index (χ0n) is 20.0. The lowest BCUT2D eigenvalue weighted by Gasteiger charge is -2.36. The maximum absolute atomic E-state index is 15.0. The molecule has 3 aliphatic rings. The molecule has 2 atom stereocenters. The lowest BCUT2D eigenvalue weighted by atomic mass is 9.92. The van der Waals surface area contributed by atoms with Crippen molar-refractivity contribution in [1.82, 2.24) is 19.5 Å². The number of carbonyl (C=O) groups excluding carboxylic acids is 1. The highest BCUT2D eigenvalue weighted by Gasteiger charge is 2.36. The summed E-state index contributed by atoms with van der Waals surface area (Å²) in [4.78, 5) is 19.8. The van der Waals surface area contributed by atoms with Crippen molar-refractivity contribution in [3.8, 4) is 11.3 Å². The standard InChI is InChI=1S/C29H26F2N4O/c1-16-20-4-2-3-5-21(20)24(31)15-34(16)29(36)26-13-27(18-8-9-18)35-28(32-26)14-25(33-35)22-11-10-19(12-23(22)30)17-6-7-17/h2-5,10-14,16-18,24H,6-9,15H2,1H3. The summed E-state index contributed by atoms with van der Waals surface area (Å²) >= 11 is 0. The van der Waals surface area contributed by atoms with Crippen LogP contribution in [-0.2, 0) is 0 Å². The quantitative estimate of drug-likeness (QED) is 0.331. The van der Waals surface area contributed by atoms with Crippen molar-refractivity contribution in [3.63, 3.8) is 0 Å². The van der Waals surface area contributed by atoms with Gasteiger partial charge in [0.1, 0.15) is 17.7 Å². The summed E-state index contributed by atoms with van der Waals surface area (Å²) in [5.41, 5.74) is 5.11. The molecule has 1 aliphatic heterocycles. The molecule has 2 aromatic heterocycles. The summed E-state index contributed by atoms with van der Waals surface area (Å²) in [6.07, 6.45) is 3.00. The van der Waals surface area contributed by atoms with E-state index in [0.717, 1.165) is 42.5 Å². The van der Waals surface area contributed by atoms with Crippen molar-refractivity contribution in [3.05, 3.63) is 88.5 Å². The average Bonchev–Trinajstić information content (AvgIpc) is 3.82. The maximum Gasteiger partial charge on any atom is 0.273 e. The third-order valence-corrected chi connectivity index (χ3v) is 7.86. The molecule has 182 valence electrons. The van der Waals surface area contributed by atoms with Gasteiger partial charge in [-0.15, -0.1) is 0 Å². The van der Waals surface area contributed by atoms with E-state index >= 15 is 4.39 Å². The van der Waals surface area contributed by atoms with Gasteiger partial charge in [-0.25, -0.2) is 18.3 Å². The van der Waals surface area contributed by atoms with Crippen LogP contribution in [0.5, 0.6) is 0 Å². The van der Waals surface area contributed by atoms with E-state index < -0.39 is 6.17 Å². The smallest absolute Gasteiger partial charge is 0.273 e. The van der Waals surface area contributed by atoms with Crippen LogP contribution < -0.4 is 0 Å². The normalized spacial score (nSPS) is 21.6. The van der Waals surface area contributed by atoms with Crippen molar-refractivity contribution in [1.29, 1.82) is 0 Å². The number of benzene rings is 2. The number of alkyl halides is 1. The molecule has 2 aromatic carbocycles. The maximum atomic E-state index is 15.0. The number of amides is 1. The predicted molar refractivity (Wildman–Crippen MR) is 132 cm³/mol. The molecule has 2 aliphatic carbocycles. The Hall–Kier alpha value is -3.61. The van der Waals surface area contributed by atoms with Crippen LogP contribution in [-0.4, -0.2) is 31.9 Å². The molecule has 3 heterocycles. The van der Waals surface area contributed by atoms with Crippen LogP contribution in [0.4, 0.5) is 8.78 Å². The third kappa shape index (κ3) is 3.52. The Labute approximate surface area is 207 Å². The molecule has 2 fully saturated rings. The summed E-state index contributed by atoms with van der Waals surface area (Å²) in [6, 6.07) is 16.0. The molecule has 0 bridgehead atoms. The van der Waals surface area contributed by atoms with E-state index in [1.165, 1.54) is 0 Å². The van der Waals surface area contributed by atoms with E-state index in [4.69, 9.17) is 5.10 Å². The molecule has 0 spiro atoms. The van der Waals surface area contributed by atoms with E-state index in [1.807, 2.05) is 31.2 Å². The van der Waals surface area contributed by atoms with Crippen LogP contribution in [0, 0.1) is 5.82 Å². The molecular formula is C29H26F2N4O. The molecule has 5 nitrogen and oxygen atoms in total. The van der Waals surface area contributed by atoms with Gasteiger partial charge < -0.3 is 4.90 Å². The highest BCUT2D eigenvalue weighted by Crippen LogP contribution is 2.43. The van der Waals surface area contributed by atoms with Gasteiger partial charge in [0.15, 0.2) is 5.65 Å². The van der Waals surface area contributed by atoms with Gasteiger partial charge in [-0.3, -0.25) is 4.79 Å². The number of nitrogens with zero attached hydrogens (tertiary/aromatic N) is 4. The first kappa shape index (κ1) is 21.7. The second-order valence-corrected chi connectivity index (χ2v) is 10.4. The Bertz CT molecular complexity index is 1520. The summed E-state index contributed by atoms with van der Waals surface area (Å²) < 4.78 is 31.7. The first-order valence-corrected chi connectivity index (χ1v) is 12.7. The summed E-state index contributed by atoms with van der Waals surface area (Å²) in [5, 5.41) is 4.69. The van der Waals surface area contributed by atoms with E-state index in [0.29, 0.717) is 28.4 Å². The Balaban J connectivity index is 1.28. The molecule has 0 radical (unpaired) electrons. The SMILES string of the molecule is CC1c2ccccc2C(F)CN1C(=O)c1cc(C2CC2)n2nc(-c3ccc(C4CC4)cc3F)cc2n1. The molecule has 2 saturated carbocycles. The van der Waals surface area contributed by atoms with Gasteiger partial charge in [0.25, 0.3) is 5.91 Å². The number of rotatable bonds is 4. The van der Waals surface area contributed by atoms with Crippen LogP contribution in [0.25, 0.3) is 16.9 Å². The number of carbonyl (C=O) groups is 1. The van der Waals surface area contributed by atoms with Gasteiger partial charge in [0.05, 0.1) is 18.3 Å². The van der Waals surface area contributed by atoms with Gasteiger partial charge in [-0.1, -0.05) is 30.3 Å². The topological polar surface area (TPSA) is 50.5 Å². The second-order valence-electron chi connectivity index (χ2n) is 10.4. The minimum atomic E-state index is -1.24. The van der Waals surface area contributed by atoms with Crippen LogP contribution >= 0.6 is 0 Å². The largest absolute Gasteiger partial charge is 0.327 e. The van der Waals surface area contributed by atoms with Crippen LogP contribution in [0.2, 0.25) is 0 Å². The van der Waals surface area contributed by atoms with E-state index in [-0.39, 0.29) is 35.9 Å². The monoisotopic (exact) mass is 484 g/mol. The fourth-order valence-corrected chi connectivity index (χ4v) is 5.50. The van der Waals surface area contributed by atoms with Crippen molar-refractivity contribution in [2.24, 2.45) is 0 Å². The predicted octanol–water partition coefficient (Wildman–Crippen LogP) is 6.52. The van der Waals surface area contributed by atoms with E-state index in [2.05, 4.69) is 4.98 Å². The molecule has 7 heteroatoms. The minimum absolute atomic E-state index is 0.00823. The Kier molecular flexibility index (Phi) is 4.78. The van der Waals surface area contributed by atoms with E-state index in [1.54, 1.807) is 39.7 Å². The number of hydrogen-bond donors (Lipinski definition) is 0. The van der Waals surface area contributed by atoms with Gasteiger partial charge >= 0.3 is 0 Å². The number of hydrogen-bond acceptors (Lipinski definition) is 3. The zero-order chi connectivity index (χ0) is 24.6. The van der Waals surface area contributed by atoms with Crippen LogP contribution in [0.1, 0.15) is 89.5 Å². The van der Waals surface area contributed by atoms with Crippen molar-refractivity contribution < 1.29 is 13.6 Å². The number of fused-ring (bicyclic) bond motifs is 2. The lowest BCUT2D eigenvalue weighted by molar-refractivity contribution is 0.0585. The molecule has 4 aromatic rings. The summed E-state index contributed by atoms with van der Waals surface area (Å²) in [6.45, 7) is 1.92. The highest BCUT2D eigenvalue weighted by atomic mass is 19.1. The first-order chi connectivity index (χ1) is 17.5. The van der Waals surface area contributed by atoms with Crippen molar-refractivity contribution in [2.75, 3.05) is 6.54 Å². The molecule has 0 saturated heterocycles. The molecular weight excluding hydrogens is 458 g/mol. The summed E-state index contributed by atoms with van der Waals surface area (Å²) in [7, 11) is 0. The fraction of sp³-hybridized carbons (Fsp3) is 0.345. The lowest BCUT2D eigenvalue weighted by Crippen LogP contribution is -2.40. The molecule has 2 unspecified atom stereocenters. The molecule has 7 rings (SSSR count). The average molecular weight is 485 g/mol. The molecule has 0 N–H and O–H groups in total. The zero-order valence-corrected chi connectivity index (χ0v) is 20.0. The molecule has 1 amide bonds. The van der Waals surface area contributed by atoms with Crippen LogP contribution in [0.3, 0.4) is 0 Å². The Morgan fingerprint density at radius 1 is 0.972 bits per heavy atom. The van der Waals surface area contributed by atoms with Crippen molar-refractivity contribution in [2.45, 2.75) is 56.7 Å². The van der Waals surface area contributed by atoms with E-state index in [9.17, 15) is 9.18 Å². The third-order valence-electron chi connectivity index (χ3n) is 7.86. The highest BCUT2D eigenvalue weighted by molar-refractivity contribution is 5.93. The number of halogens is 2. The van der Waals surface area contributed by atoms with Crippen molar-refractivity contribution >= 4 is 11.6 Å². The van der Waals surface area contributed by atoms with Gasteiger partial charge in [-0.05, 0) is 73.4 Å². The summed E-state index contributed by atoms with van der Waals surface area (Å²) in [5.74, 6) is 0.165. The van der Waals surface area contributed by atoms with Crippen LogP contribution in [0.15, 0.2) is 54.6 Å². The first-order valence-electron chi connectivity index (χ1n) is 12.7. The number of aromatic nitrogens is 3. The second kappa shape index (κ2) is 7.95. The minimum Gasteiger partial charge on any atom is -0.327 e. The fourth-order valence-electron chi connectivity index (χ4n) is 5.50. The Morgan fingerprint density at radius 2 is 1.72 bits per heavy atom. The molecule has 36 heavy (non-hydrogen) atoms. The Morgan fingerprint density at radius 3 is 2.44 bits per heavy atom.